The molecule has 1 aromatic rings. The third-order valence-electron chi connectivity index (χ3n) is 4.29. The number of rotatable bonds is 2. The number of carbonyl (C=O) groups is 1. The van der Waals surface area contributed by atoms with E-state index in [2.05, 4.69) is 6.92 Å². The molecule has 2 unspecified atom stereocenters. The van der Waals surface area contributed by atoms with Crippen molar-refractivity contribution in [1.29, 1.82) is 0 Å². The minimum Gasteiger partial charge on any atom is -0.359 e. The average molecular weight is 344 g/mol. The Bertz CT molecular complexity index is 593. The maximum Gasteiger partial charge on any atom is 0.406 e. The van der Waals surface area contributed by atoms with Gasteiger partial charge in [-0.1, -0.05) is 19.1 Å². The summed E-state index contributed by atoms with van der Waals surface area (Å²) in [5.41, 5.74) is 0.967. The molecule has 2 heterocycles. The van der Waals surface area contributed by atoms with E-state index in [0.29, 0.717) is 18.2 Å². The highest BCUT2D eigenvalue weighted by Crippen LogP contribution is 2.39. The molecule has 1 saturated heterocycles. The number of alkyl halides is 3. The molecule has 2 atom stereocenters. The van der Waals surface area contributed by atoms with E-state index in [1.165, 1.54) is 0 Å². The molecule has 1 aromatic carbocycles. The second kappa shape index (κ2) is 6.26. The van der Waals surface area contributed by atoms with Gasteiger partial charge in [0, 0.05) is 23.2 Å². The fourth-order valence-electron chi connectivity index (χ4n) is 3.22. The lowest BCUT2D eigenvalue weighted by atomic mass is 10.1. The van der Waals surface area contributed by atoms with Crippen LogP contribution in [0.15, 0.2) is 29.2 Å². The van der Waals surface area contributed by atoms with E-state index in [1.807, 2.05) is 29.2 Å². The first-order chi connectivity index (χ1) is 10.8. The van der Waals surface area contributed by atoms with Gasteiger partial charge in [0.1, 0.15) is 12.6 Å². The topological polar surface area (TPSA) is 23.6 Å². The summed E-state index contributed by atoms with van der Waals surface area (Å²) in [6.45, 7) is 1.85. The summed E-state index contributed by atoms with van der Waals surface area (Å²) < 4.78 is 37.8. The molecule has 2 aliphatic rings. The molecule has 2 aliphatic heterocycles. The number of nitrogens with zero attached hydrogens (tertiary/aromatic N) is 2. The lowest BCUT2D eigenvalue weighted by Gasteiger charge is -2.30. The number of fused-ring (bicyclic) bond motifs is 1. The second-order valence-corrected chi connectivity index (χ2v) is 7.54. The van der Waals surface area contributed by atoms with Crippen molar-refractivity contribution in [2.45, 2.75) is 42.1 Å². The monoisotopic (exact) mass is 344 g/mol. The summed E-state index contributed by atoms with van der Waals surface area (Å²) in [5, 5.41) is 0.420. The minimum absolute atomic E-state index is 0.171. The van der Waals surface area contributed by atoms with Crippen molar-refractivity contribution in [2.24, 2.45) is 0 Å². The molecule has 3 rings (SSSR count). The average Bonchev–Trinajstić information content (AvgIpc) is 2.72. The predicted molar refractivity (Wildman–Crippen MR) is 84.8 cm³/mol. The van der Waals surface area contributed by atoms with Crippen molar-refractivity contribution in [3.63, 3.8) is 0 Å². The first-order valence-electron chi connectivity index (χ1n) is 7.73. The first kappa shape index (κ1) is 16.5. The van der Waals surface area contributed by atoms with Gasteiger partial charge >= 0.3 is 6.18 Å². The van der Waals surface area contributed by atoms with Gasteiger partial charge in [-0.3, -0.25) is 4.79 Å². The van der Waals surface area contributed by atoms with E-state index in [-0.39, 0.29) is 6.54 Å². The molecule has 0 N–H and O–H groups in total. The Kier molecular flexibility index (Phi) is 4.49. The zero-order valence-electron chi connectivity index (χ0n) is 12.8. The molecule has 1 amide bonds. The van der Waals surface area contributed by atoms with Crippen LogP contribution in [0.2, 0.25) is 0 Å². The normalized spacial score (nSPS) is 25.5. The number of benzene rings is 1. The van der Waals surface area contributed by atoms with Crippen molar-refractivity contribution in [1.82, 2.24) is 4.90 Å². The molecule has 126 valence electrons. The van der Waals surface area contributed by atoms with E-state index in [0.717, 1.165) is 21.9 Å². The quantitative estimate of drug-likeness (QED) is 0.820. The Labute approximate surface area is 137 Å². The van der Waals surface area contributed by atoms with Crippen molar-refractivity contribution >= 4 is 23.4 Å². The number of hydrogen-bond donors (Lipinski definition) is 0. The van der Waals surface area contributed by atoms with E-state index in [1.54, 1.807) is 11.8 Å². The van der Waals surface area contributed by atoms with Crippen LogP contribution in [0.3, 0.4) is 0 Å². The second-order valence-electron chi connectivity index (χ2n) is 6.06. The Hall–Kier alpha value is -1.37. The Morgan fingerprint density at radius 2 is 1.96 bits per heavy atom. The predicted octanol–water partition coefficient (Wildman–Crippen LogP) is 3.54. The van der Waals surface area contributed by atoms with Gasteiger partial charge in [-0.05, 0) is 25.0 Å². The van der Waals surface area contributed by atoms with Crippen LogP contribution in [-0.4, -0.2) is 47.9 Å². The zero-order chi connectivity index (χ0) is 16.6. The molecule has 0 spiro atoms. The number of anilines is 1. The molecule has 7 heteroatoms. The number of halogens is 3. The van der Waals surface area contributed by atoms with Crippen LogP contribution in [0.5, 0.6) is 0 Å². The Morgan fingerprint density at radius 3 is 2.70 bits per heavy atom. The van der Waals surface area contributed by atoms with Crippen molar-refractivity contribution in [3.05, 3.63) is 24.3 Å². The number of para-hydroxylation sites is 1. The number of carbonyl (C=O) groups excluding carboxylic acids is 1. The van der Waals surface area contributed by atoms with Gasteiger partial charge in [-0.15, -0.1) is 11.8 Å². The molecule has 0 aliphatic carbocycles. The maximum atomic E-state index is 12.6. The van der Waals surface area contributed by atoms with E-state index in [4.69, 9.17) is 0 Å². The van der Waals surface area contributed by atoms with Gasteiger partial charge in [0.15, 0.2) is 0 Å². The molecule has 0 aromatic heterocycles. The lowest BCUT2D eigenvalue weighted by Crippen LogP contribution is -2.44. The molecular weight excluding hydrogens is 325 g/mol. The largest absolute Gasteiger partial charge is 0.406 e. The van der Waals surface area contributed by atoms with Crippen molar-refractivity contribution < 1.29 is 18.0 Å². The van der Waals surface area contributed by atoms with Crippen LogP contribution in [0.25, 0.3) is 0 Å². The van der Waals surface area contributed by atoms with E-state index >= 15 is 0 Å². The standard InChI is InChI=1S/C16H19F3N2OS/c1-11-6-9-21(12-4-2-3-5-14(12)23-11)13-7-8-20(15(13)22)10-16(17,18)19/h2-5,11,13H,6-10H2,1H3. The number of amides is 1. The Morgan fingerprint density at radius 1 is 1.22 bits per heavy atom. The van der Waals surface area contributed by atoms with Gasteiger partial charge < -0.3 is 9.80 Å². The Balaban J connectivity index is 1.83. The highest BCUT2D eigenvalue weighted by atomic mass is 32.2. The number of hydrogen-bond acceptors (Lipinski definition) is 3. The number of thioether (sulfide) groups is 1. The first-order valence-corrected chi connectivity index (χ1v) is 8.61. The molecule has 23 heavy (non-hydrogen) atoms. The summed E-state index contributed by atoms with van der Waals surface area (Å²) in [6.07, 6.45) is -2.99. The molecule has 0 bridgehead atoms. The summed E-state index contributed by atoms with van der Waals surface area (Å²) in [7, 11) is 0. The van der Waals surface area contributed by atoms with Crippen LogP contribution in [0, 0.1) is 0 Å². The van der Waals surface area contributed by atoms with Crippen LogP contribution >= 0.6 is 11.8 Å². The third-order valence-corrected chi connectivity index (χ3v) is 5.53. The molecule has 3 nitrogen and oxygen atoms in total. The highest BCUT2D eigenvalue weighted by Gasteiger charge is 2.42. The number of likely N-dealkylation sites (tertiary alicyclic amines) is 1. The van der Waals surface area contributed by atoms with Crippen LogP contribution in [0.4, 0.5) is 18.9 Å². The summed E-state index contributed by atoms with van der Waals surface area (Å²) in [5.74, 6) is -0.406. The molecular formula is C16H19F3N2OS. The maximum absolute atomic E-state index is 12.6. The van der Waals surface area contributed by atoms with Gasteiger partial charge in [0.05, 0.1) is 5.69 Å². The van der Waals surface area contributed by atoms with Gasteiger partial charge in [0.2, 0.25) is 5.91 Å². The van der Waals surface area contributed by atoms with E-state index < -0.39 is 24.7 Å². The van der Waals surface area contributed by atoms with Crippen LogP contribution < -0.4 is 4.90 Å². The summed E-state index contributed by atoms with van der Waals surface area (Å²) in [4.78, 5) is 16.5. The zero-order valence-corrected chi connectivity index (χ0v) is 13.7. The fourth-order valence-corrected chi connectivity index (χ4v) is 4.34. The summed E-state index contributed by atoms with van der Waals surface area (Å²) >= 11 is 1.76. The van der Waals surface area contributed by atoms with Gasteiger partial charge in [0.25, 0.3) is 0 Å². The molecule has 1 fully saturated rings. The molecule has 0 saturated carbocycles. The lowest BCUT2D eigenvalue weighted by molar-refractivity contribution is -0.157. The minimum atomic E-state index is -4.34. The van der Waals surface area contributed by atoms with Crippen LogP contribution in [0.1, 0.15) is 19.8 Å². The van der Waals surface area contributed by atoms with Gasteiger partial charge in [-0.25, -0.2) is 0 Å². The smallest absolute Gasteiger partial charge is 0.359 e. The van der Waals surface area contributed by atoms with Crippen molar-refractivity contribution in [3.8, 4) is 0 Å². The van der Waals surface area contributed by atoms with Crippen molar-refractivity contribution in [2.75, 3.05) is 24.5 Å². The van der Waals surface area contributed by atoms with E-state index in [9.17, 15) is 18.0 Å². The SMILES string of the molecule is CC1CCN(C2CCN(CC(F)(F)F)C2=O)c2ccccc2S1. The summed E-state index contributed by atoms with van der Waals surface area (Å²) in [6, 6.07) is 7.36. The highest BCUT2D eigenvalue weighted by molar-refractivity contribution is 8.00. The van der Waals surface area contributed by atoms with Crippen LogP contribution in [-0.2, 0) is 4.79 Å². The third kappa shape index (κ3) is 3.59. The fraction of sp³-hybridized carbons (Fsp3) is 0.562. The molecule has 0 radical (unpaired) electrons. The van der Waals surface area contributed by atoms with Gasteiger partial charge in [-0.2, -0.15) is 13.2 Å².